The lowest BCUT2D eigenvalue weighted by molar-refractivity contribution is -0.149. The summed E-state index contributed by atoms with van der Waals surface area (Å²) in [4.78, 5) is 26.2. The summed E-state index contributed by atoms with van der Waals surface area (Å²) in [5, 5.41) is 2.81. The minimum Gasteiger partial charge on any atom is -0.343 e. The van der Waals surface area contributed by atoms with Gasteiger partial charge in [-0.25, -0.2) is 0 Å². The fourth-order valence-corrected chi connectivity index (χ4v) is 2.90. The Morgan fingerprint density at radius 3 is 2.47 bits per heavy atom. The fraction of sp³-hybridized carbons (Fsp3) is 0.867. The van der Waals surface area contributed by atoms with Gasteiger partial charge in [-0.3, -0.25) is 9.59 Å². The minimum absolute atomic E-state index is 0.0585. The summed E-state index contributed by atoms with van der Waals surface area (Å²) in [6, 6.07) is -0.534. The number of carbonyl (C=O) groups excluding carboxylic acids is 2. The van der Waals surface area contributed by atoms with Crippen molar-refractivity contribution >= 4 is 11.8 Å². The molecule has 1 N–H and O–H groups in total. The van der Waals surface area contributed by atoms with E-state index in [-0.39, 0.29) is 23.9 Å². The Bertz CT molecular complexity index is 339. The van der Waals surface area contributed by atoms with Crippen LogP contribution in [-0.2, 0) is 9.59 Å². The summed E-state index contributed by atoms with van der Waals surface area (Å²) in [5.41, 5.74) is 0. The van der Waals surface area contributed by atoms with Crippen LogP contribution in [0.25, 0.3) is 0 Å². The first-order chi connectivity index (χ1) is 9.15. The van der Waals surface area contributed by atoms with Gasteiger partial charge in [0.25, 0.3) is 0 Å². The van der Waals surface area contributed by atoms with Gasteiger partial charge < -0.3 is 10.2 Å². The molecule has 4 nitrogen and oxygen atoms in total. The first kappa shape index (κ1) is 14.4. The second kappa shape index (κ2) is 6.40. The van der Waals surface area contributed by atoms with Crippen LogP contribution in [0, 0.1) is 5.92 Å². The zero-order chi connectivity index (χ0) is 13.8. The van der Waals surface area contributed by atoms with E-state index in [4.69, 9.17) is 0 Å². The van der Waals surface area contributed by atoms with Crippen molar-refractivity contribution in [3.05, 3.63) is 0 Å². The molecule has 1 saturated carbocycles. The number of hydrogen-bond donors (Lipinski definition) is 1. The van der Waals surface area contributed by atoms with E-state index in [9.17, 15) is 9.59 Å². The number of rotatable bonds is 7. The number of nitrogens with zero attached hydrogens (tertiary/aromatic N) is 1. The van der Waals surface area contributed by atoms with Crippen molar-refractivity contribution in [2.45, 2.75) is 70.9 Å². The maximum Gasteiger partial charge on any atom is 0.245 e. The van der Waals surface area contributed by atoms with Crippen LogP contribution in [0.3, 0.4) is 0 Å². The summed E-state index contributed by atoms with van der Waals surface area (Å²) in [6.07, 6.45) is 8.08. The van der Waals surface area contributed by atoms with E-state index in [0.717, 1.165) is 32.2 Å². The highest BCUT2D eigenvalue weighted by Gasteiger charge is 2.46. The van der Waals surface area contributed by atoms with Crippen LogP contribution < -0.4 is 5.32 Å². The molecule has 1 saturated heterocycles. The Kier molecular flexibility index (Phi) is 4.83. The molecule has 2 amide bonds. The van der Waals surface area contributed by atoms with Gasteiger partial charge in [0.2, 0.25) is 11.8 Å². The molecule has 0 aromatic rings. The van der Waals surface area contributed by atoms with E-state index >= 15 is 0 Å². The molecule has 0 aromatic carbocycles. The van der Waals surface area contributed by atoms with Crippen LogP contribution in [0.2, 0.25) is 0 Å². The number of unbranched alkanes of at least 4 members (excludes halogenated alkanes) is 4. The maximum absolute atomic E-state index is 12.2. The average Bonchev–Trinajstić information content (AvgIpc) is 3.19. The molecule has 2 rings (SSSR count). The molecule has 0 aromatic heterocycles. The number of piperazine rings is 1. The average molecular weight is 266 g/mol. The van der Waals surface area contributed by atoms with Crippen molar-refractivity contribution < 1.29 is 9.59 Å². The molecule has 2 aliphatic rings. The summed E-state index contributed by atoms with van der Waals surface area (Å²) in [7, 11) is 0. The smallest absolute Gasteiger partial charge is 0.245 e. The molecule has 108 valence electrons. The van der Waals surface area contributed by atoms with E-state index < -0.39 is 0 Å². The van der Waals surface area contributed by atoms with Crippen LogP contribution in [0.4, 0.5) is 0 Å². The van der Waals surface area contributed by atoms with Gasteiger partial charge in [-0.1, -0.05) is 32.6 Å². The van der Waals surface area contributed by atoms with Gasteiger partial charge in [0, 0.05) is 6.54 Å². The first-order valence-electron chi connectivity index (χ1n) is 7.76. The molecule has 19 heavy (non-hydrogen) atoms. The highest BCUT2D eigenvalue weighted by molar-refractivity contribution is 5.97. The topological polar surface area (TPSA) is 49.4 Å². The van der Waals surface area contributed by atoms with Crippen LogP contribution in [0.1, 0.15) is 58.8 Å². The molecule has 2 atom stereocenters. The maximum atomic E-state index is 12.2. The lowest BCUT2D eigenvalue weighted by Crippen LogP contribution is -2.63. The van der Waals surface area contributed by atoms with Crippen LogP contribution in [-0.4, -0.2) is 35.3 Å². The van der Waals surface area contributed by atoms with Crippen molar-refractivity contribution in [3.8, 4) is 0 Å². The zero-order valence-electron chi connectivity index (χ0n) is 12.2. The van der Waals surface area contributed by atoms with Gasteiger partial charge in [0.1, 0.15) is 12.1 Å². The Hall–Kier alpha value is -1.06. The van der Waals surface area contributed by atoms with E-state index in [1.54, 1.807) is 6.92 Å². The Morgan fingerprint density at radius 1 is 1.16 bits per heavy atom. The van der Waals surface area contributed by atoms with Crippen LogP contribution in [0.5, 0.6) is 0 Å². The third-order valence-corrected chi connectivity index (χ3v) is 4.19. The minimum atomic E-state index is -0.349. The van der Waals surface area contributed by atoms with E-state index in [1.165, 1.54) is 19.3 Å². The lowest BCUT2D eigenvalue weighted by Gasteiger charge is -2.38. The highest BCUT2D eigenvalue weighted by atomic mass is 16.2. The van der Waals surface area contributed by atoms with Gasteiger partial charge in [-0.15, -0.1) is 0 Å². The quantitative estimate of drug-likeness (QED) is 0.717. The molecular weight excluding hydrogens is 240 g/mol. The second-order valence-electron chi connectivity index (χ2n) is 5.96. The SMILES string of the molecule is CCCCCCCN1C(=O)C(C)NC(=O)C1C1CC1. The van der Waals surface area contributed by atoms with Crippen molar-refractivity contribution in [2.75, 3.05) is 6.54 Å². The number of hydrogen-bond acceptors (Lipinski definition) is 2. The largest absolute Gasteiger partial charge is 0.343 e. The third kappa shape index (κ3) is 3.48. The van der Waals surface area contributed by atoms with E-state index in [1.807, 2.05) is 4.90 Å². The van der Waals surface area contributed by atoms with Gasteiger partial charge in [0.05, 0.1) is 0 Å². The number of amides is 2. The molecular formula is C15H26N2O2. The monoisotopic (exact) mass is 266 g/mol. The van der Waals surface area contributed by atoms with Gasteiger partial charge in [-0.2, -0.15) is 0 Å². The first-order valence-corrected chi connectivity index (χ1v) is 7.76. The normalized spacial score (nSPS) is 27.6. The van der Waals surface area contributed by atoms with E-state index in [2.05, 4.69) is 12.2 Å². The number of carbonyl (C=O) groups is 2. The standard InChI is InChI=1S/C15H26N2O2/c1-3-4-5-6-7-10-17-13(12-8-9-12)14(18)16-11(2)15(17)19/h11-13H,3-10H2,1-2H3,(H,16,18). The van der Waals surface area contributed by atoms with Gasteiger partial charge >= 0.3 is 0 Å². The summed E-state index contributed by atoms with van der Waals surface area (Å²) in [6.45, 7) is 4.73. The van der Waals surface area contributed by atoms with Crippen molar-refractivity contribution in [2.24, 2.45) is 5.92 Å². The predicted octanol–water partition coefficient (Wildman–Crippen LogP) is 2.08. The van der Waals surface area contributed by atoms with Gasteiger partial charge in [-0.05, 0) is 32.1 Å². The Morgan fingerprint density at radius 2 is 1.84 bits per heavy atom. The summed E-state index contributed by atoms with van der Waals surface area (Å²) < 4.78 is 0. The van der Waals surface area contributed by atoms with E-state index in [0.29, 0.717) is 5.92 Å². The molecule has 0 bridgehead atoms. The zero-order valence-corrected chi connectivity index (χ0v) is 12.2. The summed E-state index contributed by atoms with van der Waals surface area (Å²) in [5.74, 6) is 0.572. The summed E-state index contributed by atoms with van der Waals surface area (Å²) >= 11 is 0. The molecule has 1 heterocycles. The molecule has 0 spiro atoms. The third-order valence-electron chi connectivity index (χ3n) is 4.19. The van der Waals surface area contributed by atoms with Crippen molar-refractivity contribution in [3.63, 3.8) is 0 Å². The predicted molar refractivity (Wildman–Crippen MR) is 74.6 cm³/mol. The molecule has 2 unspecified atom stereocenters. The van der Waals surface area contributed by atoms with Crippen molar-refractivity contribution in [1.82, 2.24) is 10.2 Å². The molecule has 1 aliphatic heterocycles. The lowest BCUT2D eigenvalue weighted by atomic mass is 10.0. The molecule has 0 radical (unpaired) electrons. The highest BCUT2D eigenvalue weighted by Crippen LogP contribution is 2.37. The number of nitrogens with one attached hydrogen (secondary N) is 1. The second-order valence-corrected chi connectivity index (χ2v) is 5.96. The Labute approximate surface area is 115 Å². The van der Waals surface area contributed by atoms with Crippen LogP contribution in [0.15, 0.2) is 0 Å². The van der Waals surface area contributed by atoms with Crippen LogP contribution >= 0.6 is 0 Å². The molecule has 4 heteroatoms. The van der Waals surface area contributed by atoms with Crippen molar-refractivity contribution in [1.29, 1.82) is 0 Å². The van der Waals surface area contributed by atoms with Gasteiger partial charge in [0.15, 0.2) is 0 Å². The molecule has 1 aliphatic carbocycles. The Balaban J connectivity index is 1.88. The fourth-order valence-electron chi connectivity index (χ4n) is 2.90. The molecule has 2 fully saturated rings.